The lowest BCUT2D eigenvalue weighted by Crippen LogP contribution is -2.08. The maximum absolute atomic E-state index is 11.3. The van der Waals surface area contributed by atoms with E-state index in [0.29, 0.717) is 10.9 Å². The van der Waals surface area contributed by atoms with Gasteiger partial charge >= 0.3 is 11.6 Å². The van der Waals surface area contributed by atoms with Gasteiger partial charge in [-0.3, -0.25) is 4.79 Å². The summed E-state index contributed by atoms with van der Waals surface area (Å²) in [5.41, 5.74) is -0.507. The Morgan fingerprint density at radius 1 is 1.39 bits per heavy atom. The number of benzene rings is 1. The zero-order valence-corrected chi connectivity index (χ0v) is 9.47. The lowest BCUT2D eigenvalue weighted by atomic mass is 10.1. The first-order chi connectivity index (χ1) is 8.52. The lowest BCUT2D eigenvalue weighted by molar-refractivity contribution is -0.139. The Morgan fingerprint density at radius 3 is 2.78 bits per heavy atom. The molecule has 6 nitrogen and oxygen atoms in total. The van der Waals surface area contributed by atoms with Gasteiger partial charge in [0.1, 0.15) is 0 Å². The molecule has 2 aromatic rings. The van der Waals surface area contributed by atoms with E-state index in [1.54, 1.807) is 0 Å². The van der Waals surface area contributed by atoms with E-state index in [4.69, 9.17) is 4.42 Å². The van der Waals surface area contributed by atoms with E-state index >= 15 is 0 Å². The number of methoxy groups -OCH3 is 1. The van der Waals surface area contributed by atoms with Crippen LogP contribution in [-0.4, -0.2) is 23.3 Å². The molecule has 1 aromatic heterocycles. The summed E-state index contributed by atoms with van der Waals surface area (Å²) in [6.07, 6.45) is -0.122. The first-order valence-corrected chi connectivity index (χ1v) is 5.07. The number of ether oxygens (including phenoxy) is 1. The van der Waals surface area contributed by atoms with E-state index in [1.807, 2.05) is 0 Å². The van der Waals surface area contributed by atoms with Crippen LogP contribution in [0, 0.1) is 0 Å². The second-order valence-electron chi connectivity index (χ2n) is 3.65. The maximum atomic E-state index is 11.3. The van der Waals surface area contributed by atoms with Gasteiger partial charge in [-0.25, -0.2) is 4.79 Å². The summed E-state index contributed by atoms with van der Waals surface area (Å²) < 4.78 is 9.32. The predicted molar refractivity (Wildman–Crippen MR) is 61.5 cm³/mol. The molecule has 0 spiro atoms. The van der Waals surface area contributed by atoms with E-state index in [-0.39, 0.29) is 12.0 Å². The van der Waals surface area contributed by atoms with Gasteiger partial charge in [0.25, 0.3) is 0 Å². The summed E-state index contributed by atoms with van der Waals surface area (Å²) in [5.74, 6) is -1.45. The van der Waals surface area contributed by atoms with E-state index in [2.05, 4.69) is 4.74 Å². The van der Waals surface area contributed by atoms with Crippen molar-refractivity contribution >= 4 is 16.9 Å². The highest BCUT2D eigenvalue weighted by Crippen LogP contribution is 2.34. The van der Waals surface area contributed by atoms with Crippen LogP contribution in [0.4, 0.5) is 0 Å². The molecular formula is C12H10O6. The number of fused-ring (bicyclic) bond motifs is 1. The highest BCUT2D eigenvalue weighted by molar-refractivity contribution is 5.90. The van der Waals surface area contributed by atoms with Crippen LogP contribution in [0.15, 0.2) is 27.4 Å². The van der Waals surface area contributed by atoms with Crippen LogP contribution >= 0.6 is 0 Å². The summed E-state index contributed by atoms with van der Waals surface area (Å²) in [6.45, 7) is 0. The van der Waals surface area contributed by atoms with E-state index in [1.165, 1.54) is 19.2 Å². The number of carbonyl (C=O) groups excluding carboxylic acids is 1. The highest BCUT2D eigenvalue weighted by Gasteiger charge is 2.14. The van der Waals surface area contributed by atoms with Crippen molar-refractivity contribution in [3.05, 3.63) is 34.2 Å². The Balaban J connectivity index is 2.70. The first-order valence-electron chi connectivity index (χ1n) is 5.07. The van der Waals surface area contributed by atoms with Crippen molar-refractivity contribution in [2.45, 2.75) is 6.42 Å². The summed E-state index contributed by atoms with van der Waals surface area (Å²) in [7, 11) is 1.24. The van der Waals surface area contributed by atoms with Crippen LogP contribution in [0.5, 0.6) is 11.5 Å². The Kier molecular flexibility index (Phi) is 2.93. The lowest BCUT2D eigenvalue weighted by Gasteiger charge is -2.06. The Labute approximate surface area is 101 Å². The molecule has 0 unspecified atom stereocenters. The number of carbonyl (C=O) groups is 1. The fourth-order valence-electron chi connectivity index (χ4n) is 1.64. The van der Waals surface area contributed by atoms with Crippen molar-refractivity contribution < 1.29 is 24.2 Å². The standard InChI is InChI=1S/C12H10O6/c1-17-9(14)4-6-5-10(15)18-12-7(6)2-3-8(13)11(12)16/h2-3,5,13,16H,4H2,1H3. The smallest absolute Gasteiger partial charge is 0.336 e. The Hall–Kier alpha value is -2.50. The summed E-state index contributed by atoms with van der Waals surface area (Å²) in [4.78, 5) is 22.5. The molecule has 2 rings (SSSR count). The van der Waals surface area contributed by atoms with Gasteiger partial charge in [0.05, 0.1) is 13.5 Å². The molecule has 0 aliphatic rings. The SMILES string of the molecule is COC(=O)Cc1cc(=O)oc2c(O)c(O)ccc12. The molecule has 0 amide bonds. The van der Waals surface area contributed by atoms with Gasteiger partial charge in [-0.05, 0) is 17.7 Å². The van der Waals surface area contributed by atoms with Crippen LogP contribution in [0.1, 0.15) is 5.56 Å². The van der Waals surface area contributed by atoms with Gasteiger partial charge in [0.2, 0.25) is 5.75 Å². The third kappa shape index (κ3) is 2.00. The van der Waals surface area contributed by atoms with Crippen molar-refractivity contribution in [2.75, 3.05) is 7.11 Å². The Morgan fingerprint density at radius 2 is 2.11 bits per heavy atom. The maximum Gasteiger partial charge on any atom is 0.336 e. The quantitative estimate of drug-likeness (QED) is 0.467. The number of rotatable bonds is 2. The summed E-state index contributed by atoms with van der Waals surface area (Å²) in [5, 5.41) is 19.3. The third-order valence-corrected chi connectivity index (χ3v) is 2.51. The molecule has 0 aliphatic heterocycles. The van der Waals surface area contributed by atoms with Crippen LogP contribution in [0.3, 0.4) is 0 Å². The average molecular weight is 250 g/mol. The molecule has 1 heterocycles. The minimum absolute atomic E-state index is 0.122. The molecule has 0 aliphatic carbocycles. The third-order valence-electron chi connectivity index (χ3n) is 2.51. The fourth-order valence-corrected chi connectivity index (χ4v) is 1.64. The monoisotopic (exact) mass is 250 g/mol. The predicted octanol–water partition coefficient (Wildman–Crippen LogP) is 0.920. The number of aromatic hydroxyl groups is 2. The minimum Gasteiger partial charge on any atom is -0.504 e. The first kappa shape index (κ1) is 12.0. The molecule has 0 bridgehead atoms. The van der Waals surface area contributed by atoms with Gasteiger partial charge in [-0.1, -0.05) is 0 Å². The second kappa shape index (κ2) is 4.40. The zero-order valence-electron chi connectivity index (χ0n) is 9.47. The van der Waals surface area contributed by atoms with Crippen LogP contribution < -0.4 is 5.63 Å². The number of hydrogen-bond donors (Lipinski definition) is 2. The number of phenols is 2. The van der Waals surface area contributed by atoms with Gasteiger partial charge in [0, 0.05) is 11.5 Å². The van der Waals surface area contributed by atoms with Crippen LogP contribution in [0.25, 0.3) is 11.0 Å². The average Bonchev–Trinajstić information content (AvgIpc) is 2.34. The Bertz CT molecular complexity index is 670. The van der Waals surface area contributed by atoms with Crippen molar-refractivity contribution in [3.8, 4) is 11.5 Å². The highest BCUT2D eigenvalue weighted by atomic mass is 16.5. The van der Waals surface area contributed by atoms with Crippen molar-refractivity contribution in [3.63, 3.8) is 0 Å². The molecule has 0 radical (unpaired) electrons. The zero-order chi connectivity index (χ0) is 13.3. The van der Waals surface area contributed by atoms with Crippen molar-refractivity contribution in [2.24, 2.45) is 0 Å². The summed E-state index contributed by atoms with van der Waals surface area (Å²) in [6, 6.07) is 3.85. The molecule has 94 valence electrons. The summed E-state index contributed by atoms with van der Waals surface area (Å²) >= 11 is 0. The van der Waals surface area contributed by atoms with Crippen LogP contribution in [0.2, 0.25) is 0 Å². The normalized spacial score (nSPS) is 10.5. The van der Waals surface area contributed by atoms with Crippen LogP contribution in [-0.2, 0) is 16.0 Å². The topological polar surface area (TPSA) is 97.0 Å². The molecule has 18 heavy (non-hydrogen) atoms. The molecule has 0 fully saturated rings. The molecule has 2 N–H and O–H groups in total. The van der Waals surface area contributed by atoms with Crippen molar-refractivity contribution in [1.82, 2.24) is 0 Å². The molecule has 1 aromatic carbocycles. The van der Waals surface area contributed by atoms with E-state index in [9.17, 15) is 19.8 Å². The fraction of sp³-hybridized carbons (Fsp3) is 0.167. The van der Waals surface area contributed by atoms with Crippen molar-refractivity contribution in [1.29, 1.82) is 0 Å². The van der Waals surface area contributed by atoms with Gasteiger partial charge in [0.15, 0.2) is 11.3 Å². The second-order valence-corrected chi connectivity index (χ2v) is 3.65. The van der Waals surface area contributed by atoms with Gasteiger partial charge < -0.3 is 19.4 Å². The molecule has 0 saturated carbocycles. The molecule has 0 saturated heterocycles. The van der Waals surface area contributed by atoms with Gasteiger partial charge in [-0.15, -0.1) is 0 Å². The number of hydrogen-bond acceptors (Lipinski definition) is 6. The minimum atomic E-state index is -0.720. The largest absolute Gasteiger partial charge is 0.504 e. The molecular weight excluding hydrogens is 240 g/mol. The molecule has 6 heteroatoms. The number of esters is 1. The van der Waals surface area contributed by atoms with E-state index < -0.39 is 23.1 Å². The van der Waals surface area contributed by atoms with E-state index in [0.717, 1.165) is 6.07 Å². The number of phenolic OH excluding ortho intramolecular Hbond substituents is 2. The molecule has 0 atom stereocenters. The van der Waals surface area contributed by atoms with Gasteiger partial charge in [-0.2, -0.15) is 0 Å².